The maximum Gasteiger partial charge on any atom is 0.319 e. The molecule has 0 aliphatic carbocycles. The minimum atomic E-state index is -3.36. The molecule has 2 aromatic carbocycles. The molecular formula is C19H25N3O3S. The summed E-state index contributed by atoms with van der Waals surface area (Å²) in [6.07, 6.45) is 1.28. The molecule has 2 amide bonds. The zero-order chi connectivity index (χ0) is 19.0. The third kappa shape index (κ3) is 6.76. The lowest BCUT2D eigenvalue weighted by Crippen LogP contribution is -2.30. The highest BCUT2D eigenvalue weighted by Gasteiger charge is 2.09. The molecular weight excluding hydrogens is 350 g/mol. The first kappa shape index (κ1) is 19.8. The summed E-state index contributed by atoms with van der Waals surface area (Å²) < 4.78 is 26.1. The van der Waals surface area contributed by atoms with E-state index >= 15 is 0 Å². The fourth-order valence-corrected chi connectivity index (χ4v) is 3.65. The normalized spacial score (nSPS) is 11.0. The predicted octanol–water partition coefficient (Wildman–Crippen LogP) is 3.51. The Morgan fingerprint density at radius 3 is 2.50 bits per heavy atom. The standard InChI is InChI=1S/C19H25N3O3S/c1-3-12-26(24,25)22-18-9-5-8-17(14-18)21-19(23)20-11-10-16-7-4-6-15(2)13-16/h4-9,13-14,22H,3,10-12H2,1-2H3,(H2,20,21,23). The number of aryl methyl sites for hydroxylation is 1. The van der Waals surface area contributed by atoms with Crippen LogP contribution in [0.4, 0.5) is 16.2 Å². The van der Waals surface area contributed by atoms with E-state index in [9.17, 15) is 13.2 Å². The number of carbonyl (C=O) groups is 1. The second-order valence-corrected chi connectivity index (χ2v) is 7.96. The predicted molar refractivity (Wildman–Crippen MR) is 106 cm³/mol. The van der Waals surface area contributed by atoms with Gasteiger partial charge >= 0.3 is 6.03 Å². The average molecular weight is 375 g/mol. The average Bonchev–Trinajstić information content (AvgIpc) is 2.54. The van der Waals surface area contributed by atoms with Crippen LogP contribution in [0.15, 0.2) is 48.5 Å². The molecule has 0 aliphatic heterocycles. The first-order valence-electron chi connectivity index (χ1n) is 8.59. The molecule has 0 saturated carbocycles. The van der Waals surface area contributed by atoms with Crippen molar-refractivity contribution in [3.8, 4) is 0 Å². The van der Waals surface area contributed by atoms with E-state index in [2.05, 4.69) is 21.4 Å². The quantitative estimate of drug-likeness (QED) is 0.660. The van der Waals surface area contributed by atoms with Crippen molar-refractivity contribution in [2.75, 3.05) is 22.3 Å². The summed E-state index contributed by atoms with van der Waals surface area (Å²) in [7, 11) is -3.36. The molecule has 0 saturated heterocycles. The lowest BCUT2D eigenvalue weighted by Gasteiger charge is -2.11. The van der Waals surface area contributed by atoms with Gasteiger partial charge in [-0.05, 0) is 43.5 Å². The van der Waals surface area contributed by atoms with E-state index in [-0.39, 0.29) is 11.8 Å². The number of nitrogens with one attached hydrogen (secondary N) is 3. The van der Waals surface area contributed by atoms with E-state index in [0.29, 0.717) is 24.3 Å². The van der Waals surface area contributed by atoms with E-state index < -0.39 is 10.0 Å². The molecule has 0 unspecified atom stereocenters. The fourth-order valence-electron chi connectivity index (χ4n) is 2.52. The van der Waals surface area contributed by atoms with Crippen LogP contribution in [0.25, 0.3) is 0 Å². The van der Waals surface area contributed by atoms with Gasteiger partial charge in [-0.15, -0.1) is 0 Å². The van der Waals surface area contributed by atoms with E-state index in [1.165, 1.54) is 5.56 Å². The summed E-state index contributed by atoms with van der Waals surface area (Å²) >= 11 is 0. The van der Waals surface area contributed by atoms with Gasteiger partial charge in [-0.3, -0.25) is 4.72 Å². The van der Waals surface area contributed by atoms with Crippen molar-refractivity contribution in [2.45, 2.75) is 26.7 Å². The van der Waals surface area contributed by atoms with Gasteiger partial charge in [0.1, 0.15) is 0 Å². The maximum atomic E-state index is 12.0. The van der Waals surface area contributed by atoms with Crippen LogP contribution in [0.2, 0.25) is 0 Å². The Bertz CT molecular complexity index is 851. The van der Waals surface area contributed by atoms with E-state index in [0.717, 1.165) is 12.0 Å². The molecule has 0 bridgehead atoms. The molecule has 2 rings (SSSR count). The molecule has 0 fully saturated rings. The largest absolute Gasteiger partial charge is 0.338 e. The molecule has 0 atom stereocenters. The third-order valence-electron chi connectivity index (χ3n) is 3.65. The molecule has 140 valence electrons. The molecule has 3 N–H and O–H groups in total. The molecule has 0 aliphatic rings. The number of hydrogen-bond acceptors (Lipinski definition) is 3. The van der Waals surface area contributed by atoms with Gasteiger partial charge in [0, 0.05) is 12.2 Å². The van der Waals surface area contributed by atoms with Crippen molar-refractivity contribution in [3.05, 3.63) is 59.7 Å². The molecule has 6 nitrogen and oxygen atoms in total. The highest BCUT2D eigenvalue weighted by atomic mass is 32.2. The third-order valence-corrected chi connectivity index (χ3v) is 5.14. The lowest BCUT2D eigenvalue weighted by molar-refractivity contribution is 0.252. The van der Waals surface area contributed by atoms with Crippen molar-refractivity contribution in [1.29, 1.82) is 0 Å². The Balaban J connectivity index is 1.86. The van der Waals surface area contributed by atoms with Gasteiger partial charge in [0.25, 0.3) is 0 Å². The second-order valence-electron chi connectivity index (χ2n) is 6.12. The van der Waals surface area contributed by atoms with Gasteiger partial charge in [0.2, 0.25) is 10.0 Å². The number of rotatable bonds is 8. The number of urea groups is 1. The molecule has 0 aromatic heterocycles. The molecule has 7 heteroatoms. The SMILES string of the molecule is CCCS(=O)(=O)Nc1cccc(NC(=O)NCCc2cccc(C)c2)c1. The van der Waals surface area contributed by atoms with Gasteiger partial charge in [-0.2, -0.15) is 0 Å². The molecule has 2 aromatic rings. The summed E-state index contributed by atoms with van der Waals surface area (Å²) in [6.45, 7) is 4.35. The summed E-state index contributed by atoms with van der Waals surface area (Å²) in [4.78, 5) is 12.0. The number of anilines is 2. The first-order chi connectivity index (χ1) is 12.4. The van der Waals surface area contributed by atoms with Crippen LogP contribution in [0.3, 0.4) is 0 Å². The molecule has 26 heavy (non-hydrogen) atoms. The number of benzene rings is 2. The summed E-state index contributed by atoms with van der Waals surface area (Å²) in [5.41, 5.74) is 3.30. The molecule has 0 radical (unpaired) electrons. The number of carbonyl (C=O) groups excluding carboxylic acids is 1. The smallest absolute Gasteiger partial charge is 0.319 e. The van der Waals surface area contributed by atoms with Crippen LogP contribution < -0.4 is 15.4 Å². The number of sulfonamides is 1. The Labute approximate surface area is 155 Å². The Morgan fingerprint density at radius 1 is 1.04 bits per heavy atom. The Morgan fingerprint density at radius 2 is 1.77 bits per heavy atom. The van der Waals surface area contributed by atoms with Crippen molar-refractivity contribution < 1.29 is 13.2 Å². The van der Waals surface area contributed by atoms with E-state index in [1.54, 1.807) is 31.2 Å². The van der Waals surface area contributed by atoms with Gasteiger partial charge in [-0.1, -0.05) is 42.8 Å². The summed E-state index contributed by atoms with van der Waals surface area (Å²) in [5, 5.41) is 5.51. The van der Waals surface area contributed by atoms with Gasteiger partial charge in [0.05, 0.1) is 11.4 Å². The first-order valence-corrected chi connectivity index (χ1v) is 10.2. The molecule has 0 spiro atoms. The van der Waals surface area contributed by atoms with Crippen molar-refractivity contribution >= 4 is 27.4 Å². The van der Waals surface area contributed by atoms with Crippen molar-refractivity contribution in [2.24, 2.45) is 0 Å². The van der Waals surface area contributed by atoms with Crippen molar-refractivity contribution in [1.82, 2.24) is 5.32 Å². The van der Waals surface area contributed by atoms with E-state index in [1.807, 2.05) is 25.1 Å². The van der Waals surface area contributed by atoms with Crippen LogP contribution in [0, 0.1) is 6.92 Å². The van der Waals surface area contributed by atoms with Gasteiger partial charge in [0.15, 0.2) is 0 Å². The lowest BCUT2D eigenvalue weighted by atomic mass is 10.1. The van der Waals surface area contributed by atoms with Gasteiger partial charge in [-0.25, -0.2) is 13.2 Å². The Kier molecular flexibility index (Phi) is 7.03. The van der Waals surface area contributed by atoms with Crippen LogP contribution in [-0.4, -0.2) is 26.7 Å². The maximum absolute atomic E-state index is 12.0. The summed E-state index contributed by atoms with van der Waals surface area (Å²) in [6, 6.07) is 14.4. The highest BCUT2D eigenvalue weighted by molar-refractivity contribution is 7.92. The topological polar surface area (TPSA) is 87.3 Å². The monoisotopic (exact) mass is 375 g/mol. The number of amides is 2. The van der Waals surface area contributed by atoms with Crippen LogP contribution >= 0.6 is 0 Å². The van der Waals surface area contributed by atoms with E-state index in [4.69, 9.17) is 0 Å². The number of hydrogen-bond donors (Lipinski definition) is 3. The summed E-state index contributed by atoms with van der Waals surface area (Å²) in [5.74, 6) is 0.0596. The molecule has 0 heterocycles. The van der Waals surface area contributed by atoms with Gasteiger partial charge < -0.3 is 10.6 Å². The minimum Gasteiger partial charge on any atom is -0.338 e. The zero-order valence-electron chi connectivity index (χ0n) is 15.1. The highest BCUT2D eigenvalue weighted by Crippen LogP contribution is 2.16. The van der Waals surface area contributed by atoms with Crippen LogP contribution in [0.5, 0.6) is 0 Å². The fraction of sp³-hybridized carbons (Fsp3) is 0.316. The Hall–Kier alpha value is -2.54. The second kappa shape index (κ2) is 9.24. The zero-order valence-corrected chi connectivity index (χ0v) is 15.9. The minimum absolute atomic E-state index is 0.0596. The van der Waals surface area contributed by atoms with Crippen LogP contribution in [-0.2, 0) is 16.4 Å². The van der Waals surface area contributed by atoms with Crippen molar-refractivity contribution in [3.63, 3.8) is 0 Å². The van der Waals surface area contributed by atoms with Crippen LogP contribution in [0.1, 0.15) is 24.5 Å².